The van der Waals surface area contributed by atoms with Gasteiger partial charge in [0.1, 0.15) is 11.5 Å². The van der Waals surface area contributed by atoms with Gasteiger partial charge in [0, 0.05) is 25.8 Å². The predicted octanol–water partition coefficient (Wildman–Crippen LogP) is 3.94. The Kier molecular flexibility index (Phi) is 6.61. The molecule has 2 aliphatic rings. The van der Waals surface area contributed by atoms with Gasteiger partial charge in [-0.05, 0) is 67.8 Å². The Bertz CT molecular complexity index is 1830. The summed E-state index contributed by atoms with van der Waals surface area (Å²) in [5.74, 6) is -1.16. The van der Waals surface area contributed by atoms with Crippen LogP contribution >= 0.6 is 0 Å². The summed E-state index contributed by atoms with van der Waals surface area (Å²) in [6.45, 7) is 1.61. The normalized spacial score (nSPS) is 19.2. The first-order valence-electron chi connectivity index (χ1n) is 12.9. The number of aryl methyl sites for hydroxylation is 1. The number of hydrogen-bond donors (Lipinski definition) is 0. The topological polar surface area (TPSA) is 116 Å². The molecule has 1 fully saturated rings. The van der Waals surface area contributed by atoms with Crippen molar-refractivity contribution in [2.45, 2.75) is 37.5 Å². The number of carbonyl (C=O) groups excluding carboxylic acids is 1. The van der Waals surface area contributed by atoms with Crippen molar-refractivity contribution in [3.05, 3.63) is 88.9 Å². The molecule has 42 heavy (non-hydrogen) atoms. The molecular weight excluding hydrogens is 578 g/mol. The molecule has 218 valence electrons. The fourth-order valence-electron chi connectivity index (χ4n) is 5.58. The van der Waals surface area contributed by atoms with Gasteiger partial charge >= 0.3 is 6.18 Å². The number of pyridine rings is 1. The highest BCUT2D eigenvalue weighted by Gasteiger charge is 2.52. The Hall–Kier alpha value is -4.24. The summed E-state index contributed by atoms with van der Waals surface area (Å²) in [5, 5.41) is 11.8. The van der Waals surface area contributed by atoms with Crippen molar-refractivity contribution in [1.82, 2.24) is 34.1 Å². The fourth-order valence-corrected chi connectivity index (χ4v) is 7.18. The average Bonchev–Trinajstić information content (AvgIpc) is 3.62. The maximum absolute atomic E-state index is 14.3. The van der Waals surface area contributed by atoms with E-state index in [2.05, 4.69) is 20.4 Å². The number of aromatic nitrogens is 6. The number of ketones is 1. The first-order valence-corrected chi connectivity index (χ1v) is 14.4. The van der Waals surface area contributed by atoms with Crippen molar-refractivity contribution in [3.8, 4) is 5.69 Å². The highest BCUT2D eigenvalue weighted by molar-refractivity contribution is 7.89. The Morgan fingerprint density at radius 2 is 1.88 bits per heavy atom. The second-order valence-electron chi connectivity index (χ2n) is 10.1. The Morgan fingerprint density at radius 3 is 2.60 bits per heavy atom. The molecule has 0 radical (unpaired) electrons. The van der Waals surface area contributed by atoms with Gasteiger partial charge in [-0.15, -0.1) is 5.10 Å². The van der Waals surface area contributed by atoms with Crippen LogP contribution in [0.25, 0.3) is 11.8 Å². The smallest absolute Gasteiger partial charge is 0.291 e. The van der Waals surface area contributed by atoms with Crippen LogP contribution in [0.1, 0.15) is 40.7 Å². The van der Waals surface area contributed by atoms with E-state index in [-0.39, 0.29) is 37.5 Å². The zero-order valence-corrected chi connectivity index (χ0v) is 22.9. The third-order valence-corrected chi connectivity index (χ3v) is 9.53. The lowest BCUT2D eigenvalue weighted by Crippen LogP contribution is -2.53. The van der Waals surface area contributed by atoms with Crippen LogP contribution < -0.4 is 0 Å². The molecule has 15 heteroatoms. The van der Waals surface area contributed by atoms with E-state index < -0.39 is 44.5 Å². The summed E-state index contributed by atoms with van der Waals surface area (Å²) in [4.78, 5) is 18.2. The fraction of sp³-hybridized carbons (Fsp3) is 0.296. The third-order valence-electron chi connectivity index (χ3n) is 7.69. The Morgan fingerprint density at radius 1 is 1.12 bits per heavy atom. The van der Waals surface area contributed by atoms with Crippen molar-refractivity contribution < 1.29 is 30.8 Å². The predicted molar refractivity (Wildman–Crippen MR) is 140 cm³/mol. The number of piperidine rings is 1. The molecule has 0 bridgehead atoms. The molecule has 0 N–H and O–H groups in total. The van der Waals surface area contributed by atoms with E-state index in [9.17, 15) is 30.8 Å². The summed E-state index contributed by atoms with van der Waals surface area (Å²) in [5.41, 5.74) is -0.739. The summed E-state index contributed by atoms with van der Waals surface area (Å²) in [6, 6.07) is 7.11. The monoisotopic (exact) mass is 601 g/mol. The number of hydrogen-bond acceptors (Lipinski definition) is 7. The number of benzene rings is 1. The number of carbonyl (C=O) groups is 1. The zero-order chi connectivity index (χ0) is 29.9. The number of fused-ring (bicyclic) bond motifs is 2. The first kappa shape index (κ1) is 27.9. The minimum absolute atomic E-state index is 0.00806. The molecule has 10 nitrogen and oxygen atoms in total. The standard InChI is InChI=1S/C27H23F4N7O3S/c1-2-37-24(15-33-35-37)42(40,41)36-10-8-18-12-23-17(14-34-38(23)21-5-3-20(28)4-6-21)13-26(18,16-36)25(39)22-11-19(7-9-32-22)27(29,30)31/h3-7,9,11-12,14-15H,2,8,10,13,16H2,1H3/t26-/m0/s1. The van der Waals surface area contributed by atoms with Crippen LogP contribution in [0, 0.1) is 11.2 Å². The van der Waals surface area contributed by atoms with E-state index in [4.69, 9.17) is 0 Å². The Balaban J connectivity index is 1.47. The second kappa shape index (κ2) is 9.94. The highest BCUT2D eigenvalue weighted by Crippen LogP contribution is 2.47. The number of sulfonamides is 1. The molecule has 3 aromatic heterocycles. The molecule has 0 saturated carbocycles. The van der Waals surface area contributed by atoms with Crippen LogP contribution in [0.4, 0.5) is 17.6 Å². The highest BCUT2D eigenvalue weighted by atomic mass is 32.2. The molecule has 0 spiro atoms. The minimum Gasteiger partial charge on any atom is -0.291 e. The molecule has 4 aromatic rings. The van der Waals surface area contributed by atoms with E-state index in [1.165, 1.54) is 23.0 Å². The van der Waals surface area contributed by atoms with Gasteiger partial charge in [-0.3, -0.25) is 9.78 Å². The molecule has 1 aliphatic carbocycles. The number of halogens is 4. The summed E-state index contributed by atoms with van der Waals surface area (Å²) in [7, 11) is -4.18. The first-order chi connectivity index (χ1) is 19.9. The van der Waals surface area contributed by atoms with Gasteiger partial charge in [0.25, 0.3) is 10.0 Å². The molecule has 1 atom stereocenters. The van der Waals surface area contributed by atoms with Crippen LogP contribution in [-0.4, -0.2) is 61.4 Å². The van der Waals surface area contributed by atoms with Gasteiger partial charge in [-0.25, -0.2) is 22.2 Å². The van der Waals surface area contributed by atoms with Crippen molar-refractivity contribution in [1.29, 1.82) is 0 Å². The molecule has 4 heterocycles. The van der Waals surface area contributed by atoms with Gasteiger partial charge in [-0.2, -0.15) is 22.6 Å². The maximum Gasteiger partial charge on any atom is 0.416 e. The molecular formula is C27H23F4N7O3S. The molecule has 1 saturated heterocycles. The summed E-state index contributed by atoms with van der Waals surface area (Å²) >= 11 is 0. The van der Waals surface area contributed by atoms with Crippen LogP contribution in [0.5, 0.6) is 0 Å². The molecule has 1 aromatic carbocycles. The zero-order valence-electron chi connectivity index (χ0n) is 22.1. The number of rotatable bonds is 6. The number of nitrogens with zero attached hydrogens (tertiary/aromatic N) is 7. The van der Waals surface area contributed by atoms with Gasteiger partial charge in [0.2, 0.25) is 0 Å². The van der Waals surface area contributed by atoms with Gasteiger partial charge in [0.05, 0.1) is 34.8 Å². The molecule has 6 rings (SSSR count). The van der Waals surface area contributed by atoms with Crippen LogP contribution in [-0.2, 0) is 29.2 Å². The van der Waals surface area contributed by atoms with E-state index in [0.717, 1.165) is 22.8 Å². The lowest BCUT2D eigenvalue weighted by molar-refractivity contribution is -0.137. The molecule has 0 unspecified atom stereocenters. The van der Waals surface area contributed by atoms with Crippen LogP contribution in [0.2, 0.25) is 0 Å². The lowest BCUT2D eigenvalue weighted by atomic mass is 9.65. The quantitative estimate of drug-likeness (QED) is 0.243. The van der Waals surface area contributed by atoms with Crippen LogP contribution in [0.3, 0.4) is 0 Å². The van der Waals surface area contributed by atoms with Crippen molar-refractivity contribution in [3.63, 3.8) is 0 Å². The third kappa shape index (κ3) is 4.52. The van der Waals surface area contributed by atoms with E-state index in [1.807, 2.05) is 0 Å². The van der Waals surface area contributed by atoms with Crippen molar-refractivity contribution >= 4 is 21.9 Å². The van der Waals surface area contributed by atoms with E-state index in [0.29, 0.717) is 28.6 Å². The number of Topliss-reactive ketones (excluding diaryl/α,β-unsaturated/α-hetero) is 1. The minimum atomic E-state index is -4.71. The lowest BCUT2D eigenvalue weighted by Gasteiger charge is -2.44. The largest absolute Gasteiger partial charge is 0.416 e. The molecule has 1 aliphatic heterocycles. The SMILES string of the molecule is CCn1nncc1S(=O)(=O)N1CCC2=Cc3c(cnn3-c3ccc(F)cc3)C[C@]2(C(=O)c2cc(C(F)(F)F)ccn2)C1. The van der Waals surface area contributed by atoms with Gasteiger partial charge in [0.15, 0.2) is 10.8 Å². The van der Waals surface area contributed by atoms with Crippen LogP contribution in [0.15, 0.2) is 65.6 Å². The molecule has 0 amide bonds. The van der Waals surface area contributed by atoms with Crippen molar-refractivity contribution in [2.75, 3.05) is 13.1 Å². The summed E-state index contributed by atoms with van der Waals surface area (Å²) in [6.07, 6.45) is 0.651. The number of alkyl halides is 3. The Labute approximate surface area is 237 Å². The van der Waals surface area contributed by atoms with E-state index >= 15 is 0 Å². The van der Waals surface area contributed by atoms with Crippen molar-refractivity contribution in [2.24, 2.45) is 5.41 Å². The summed E-state index contributed by atoms with van der Waals surface area (Å²) < 4.78 is 85.6. The van der Waals surface area contributed by atoms with E-state index in [1.54, 1.807) is 29.8 Å². The average molecular weight is 602 g/mol. The van der Waals surface area contributed by atoms with Gasteiger partial charge < -0.3 is 0 Å². The maximum atomic E-state index is 14.3. The second-order valence-corrected chi connectivity index (χ2v) is 12.0. The van der Waals surface area contributed by atoms with Gasteiger partial charge in [-0.1, -0.05) is 10.8 Å².